The van der Waals surface area contributed by atoms with Gasteiger partial charge in [0.15, 0.2) is 0 Å². The largest absolute Gasteiger partial charge is 0.465 e. The van der Waals surface area contributed by atoms with E-state index in [4.69, 9.17) is 9.47 Å². The molecular formula is C16H25NO3S. The van der Waals surface area contributed by atoms with Crippen LogP contribution in [0.15, 0.2) is 29.2 Å². The molecule has 0 aliphatic rings. The first-order chi connectivity index (χ1) is 10.3. The van der Waals surface area contributed by atoms with Crippen molar-refractivity contribution in [3.8, 4) is 0 Å². The molecule has 21 heavy (non-hydrogen) atoms. The Morgan fingerprint density at radius 2 is 2.00 bits per heavy atom. The number of hydrogen-bond acceptors (Lipinski definition) is 5. The Labute approximate surface area is 131 Å². The van der Waals surface area contributed by atoms with Gasteiger partial charge in [0.05, 0.1) is 19.0 Å². The minimum atomic E-state index is -0.140. The van der Waals surface area contributed by atoms with Gasteiger partial charge in [0, 0.05) is 25.1 Å². The zero-order chi connectivity index (χ0) is 15.3. The zero-order valence-electron chi connectivity index (χ0n) is 12.9. The highest BCUT2D eigenvalue weighted by atomic mass is 32.2. The van der Waals surface area contributed by atoms with E-state index in [-0.39, 0.29) is 5.97 Å². The number of hydrogen-bond donors (Lipinski definition) is 1. The van der Waals surface area contributed by atoms with Gasteiger partial charge in [0.1, 0.15) is 0 Å². The van der Waals surface area contributed by atoms with E-state index in [9.17, 15) is 4.79 Å². The number of unbranched alkanes of at least 4 members (excludes halogenated alkanes) is 1. The molecule has 0 aromatic heterocycles. The summed E-state index contributed by atoms with van der Waals surface area (Å²) in [5.74, 6) is 0.230. The van der Waals surface area contributed by atoms with E-state index in [1.807, 2.05) is 12.1 Å². The first-order valence-electron chi connectivity index (χ1n) is 7.33. The number of carbonyl (C=O) groups is 1. The van der Waals surface area contributed by atoms with E-state index in [1.54, 1.807) is 7.11 Å². The molecule has 0 aliphatic carbocycles. The van der Waals surface area contributed by atoms with Crippen molar-refractivity contribution in [2.24, 2.45) is 0 Å². The van der Waals surface area contributed by atoms with Gasteiger partial charge in [0.25, 0.3) is 0 Å². The fourth-order valence-electron chi connectivity index (χ4n) is 1.62. The van der Waals surface area contributed by atoms with Gasteiger partial charge < -0.3 is 14.8 Å². The van der Waals surface area contributed by atoms with Crippen LogP contribution in [-0.4, -0.2) is 38.6 Å². The smallest absolute Gasteiger partial charge is 0.316 e. The van der Waals surface area contributed by atoms with Gasteiger partial charge in [-0.3, -0.25) is 4.79 Å². The topological polar surface area (TPSA) is 47.6 Å². The molecule has 0 heterocycles. The van der Waals surface area contributed by atoms with Crippen LogP contribution < -0.4 is 5.32 Å². The molecule has 0 spiro atoms. The predicted octanol–water partition coefficient (Wildman–Crippen LogP) is 2.86. The van der Waals surface area contributed by atoms with Crippen LogP contribution in [0.4, 0.5) is 0 Å². The Hall–Kier alpha value is -1.04. The average molecular weight is 311 g/mol. The van der Waals surface area contributed by atoms with Gasteiger partial charge in [-0.15, -0.1) is 11.8 Å². The van der Waals surface area contributed by atoms with Gasteiger partial charge in [-0.2, -0.15) is 0 Å². The summed E-state index contributed by atoms with van der Waals surface area (Å²) in [6.45, 7) is 4.99. The molecular weight excluding hydrogens is 286 g/mol. The average Bonchev–Trinajstić information content (AvgIpc) is 2.51. The summed E-state index contributed by atoms with van der Waals surface area (Å²) in [5.41, 5.74) is 1.22. The molecule has 0 bridgehead atoms. The number of benzene rings is 1. The Bertz CT molecular complexity index is 395. The normalized spacial score (nSPS) is 10.6. The van der Waals surface area contributed by atoms with Gasteiger partial charge in [0.2, 0.25) is 0 Å². The van der Waals surface area contributed by atoms with Crippen molar-refractivity contribution in [1.82, 2.24) is 5.32 Å². The lowest BCUT2D eigenvalue weighted by Gasteiger charge is -2.06. The number of rotatable bonds is 11. The van der Waals surface area contributed by atoms with E-state index < -0.39 is 0 Å². The summed E-state index contributed by atoms with van der Waals surface area (Å²) in [7, 11) is 1.70. The van der Waals surface area contributed by atoms with Crippen LogP contribution in [0, 0.1) is 0 Å². The monoisotopic (exact) mass is 311 g/mol. The van der Waals surface area contributed by atoms with Gasteiger partial charge >= 0.3 is 5.97 Å². The maximum absolute atomic E-state index is 11.5. The third kappa shape index (κ3) is 8.75. The molecule has 0 fully saturated rings. The Kier molecular flexibility index (Phi) is 9.95. The van der Waals surface area contributed by atoms with Crippen LogP contribution in [0.3, 0.4) is 0 Å². The number of thioether (sulfide) groups is 1. The molecule has 0 saturated heterocycles. The molecule has 0 aliphatic heterocycles. The van der Waals surface area contributed by atoms with E-state index in [1.165, 1.54) is 17.3 Å². The summed E-state index contributed by atoms with van der Waals surface area (Å²) in [5, 5.41) is 3.30. The van der Waals surface area contributed by atoms with Crippen molar-refractivity contribution < 1.29 is 14.3 Å². The van der Waals surface area contributed by atoms with Gasteiger partial charge in [-0.1, -0.05) is 25.5 Å². The summed E-state index contributed by atoms with van der Waals surface area (Å²) in [4.78, 5) is 12.6. The van der Waals surface area contributed by atoms with Crippen LogP contribution in [0.1, 0.15) is 25.3 Å². The molecule has 0 amide bonds. The standard InChI is InChI=1S/C16H25NO3S/c1-3-4-10-20-16(18)13-21-15-7-5-14(6-8-15)12-17-9-11-19-2/h5-8,17H,3-4,9-13H2,1-2H3. The maximum atomic E-state index is 11.5. The molecule has 0 saturated carbocycles. The van der Waals surface area contributed by atoms with Crippen molar-refractivity contribution in [2.45, 2.75) is 31.2 Å². The van der Waals surface area contributed by atoms with E-state index >= 15 is 0 Å². The lowest BCUT2D eigenvalue weighted by molar-refractivity contribution is -0.140. The van der Waals surface area contributed by atoms with Crippen molar-refractivity contribution in [2.75, 3.05) is 32.6 Å². The number of nitrogens with one attached hydrogen (secondary N) is 1. The molecule has 0 unspecified atom stereocenters. The lowest BCUT2D eigenvalue weighted by atomic mass is 10.2. The fraction of sp³-hybridized carbons (Fsp3) is 0.562. The van der Waals surface area contributed by atoms with Crippen molar-refractivity contribution >= 4 is 17.7 Å². The molecule has 1 aromatic carbocycles. The highest BCUT2D eigenvalue weighted by molar-refractivity contribution is 8.00. The van der Waals surface area contributed by atoms with Gasteiger partial charge in [-0.25, -0.2) is 0 Å². The third-order valence-corrected chi connectivity index (χ3v) is 3.84. The first kappa shape index (κ1) is 18.0. The number of methoxy groups -OCH3 is 1. The Morgan fingerprint density at radius 3 is 2.67 bits per heavy atom. The van der Waals surface area contributed by atoms with Crippen LogP contribution in [-0.2, 0) is 20.8 Å². The molecule has 5 heteroatoms. The quantitative estimate of drug-likeness (QED) is 0.387. The predicted molar refractivity (Wildman–Crippen MR) is 86.6 cm³/mol. The second-order valence-corrected chi connectivity index (χ2v) is 5.72. The highest BCUT2D eigenvalue weighted by Crippen LogP contribution is 2.18. The first-order valence-corrected chi connectivity index (χ1v) is 8.31. The molecule has 1 rings (SSSR count). The Balaban J connectivity index is 2.22. The molecule has 118 valence electrons. The summed E-state index contributed by atoms with van der Waals surface area (Å²) < 4.78 is 10.1. The van der Waals surface area contributed by atoms with Crippen molar-refractivity contribution in [1.29, 1.82) is 0 Å². The van der Waals surface area contributed by atoms with E-state index in [0.29, 0.717) is 19.0 Å². The minimum Gasteiger partial charge on any atom is -0.465 e. The molecule has 1 N–H and O–H groups in total. The lowest BCUT2D eigenvalue weighted by Crippen LogP contribution is -2.18. The number of carbonyl (C=O) groups excluding carboxylic acids is 1. The van der Waals surface area contributed by atoms with Crippen molar-refractivity contribution in [3.63, 3.8) is 0 Å². The minimum absolute atomic E-state index is 0.140. The number of esters is 1. The van der Waals surface area contributed by atoms with Crippen LogP contribution in [0.25, 0.3) is 0 Å². The van der Waals surface area contributed by atoms with E-state index in [0.717, 1.165) is 30.8 Å². The second-order valence-electron chi connectivity index (χ2n) is 4.68. The molecule has 1 aromatic rings. The van der Waals surface area contributed by atoms with Crippen LogP contribution in [0.2, 0.25) is 0 Å². The summed E-state index contributed by atoms with van der Waals surface area (Å²) in [6.07, 6.45) is 1.97. The van der Waals surface area contributed by atoms with Crippen LogP contribution in [0.5, 0.6) is 0 Å². The second kappa shape index (κ2) is 11.6. The SMILES string of the molecule is CCCCOC(=O)CSc1ccc(CNCCOC)cc1. The van der Waals surface area contributed by atoms with Gasteiger partial charge in [-0.05, 0) is 24.1 Å². The maximum Gasteiger partial charge on any atom is 0.316 e. The van der Waals surface area contributed by atoms with E-state index in [2.05, 4.69) is 24.4 Å². The third-order valence-electron chi connectivity index (χ3n) is 2.85. The summed E-state index contributed by atoms with van der Waals surface area (Å²) in [6, 6.07) is 8.23. The molecule has 0 radical (unpaired) electrons. The van der Waals surface area contributed by atoms with Crippen LogP contribution >= 0.6 is 11.8 Å². The Morgan fingerprint density at radius 1 is 1.24 bits per heavy atom. The highest BCUT2D eigenvalue weighted by Gasteiger charge is 2.04. The molecule has 4 nitrogen and oxygen atoms in total. The summed E-state index contributed by atoms with van der Waals surface area (Å²) >= 11 is 1.51. The molecule has 0 atom stereocenters. The fourth-order valence-corrected chi connectivity index (χ4v) is 2.32. The van der Waals surface area contributed by atoms with Crippen molar-refractivity contribution in [3.05, 3.63) is 29.8 Å². The zero-order valence-corrected chi connectivity index (χ0v) is 13.7. The number of ether oxygens (including phenoxy) is 2.